The van der Waals surface area contributed by atoms with Crippen molar-refractivity contribution in [2.75, 3.05) is 23.8 Å². The van der Waals surface area contributed by atoms with Gasteiger partial charge in [0, 0.05) is 15.8 Å². The number of nitrogens with one attached hydrogen (secondary N) is 2. The molecular formula is C19H21IN2O3. The summed E-state index contributed by atoms with van der Waals surface area (Å²) in [5, 5.41) is 6.09. The molecule has 1 amide bonds. The fraction of sp³-hybridized carbons (Fsp3) is 0.263. The maximum atomic E-state index is 12.8. The molecule has 0 fully saturated rings. The van der Waals surface area contributed by atoms with Crippen LogP contribution >= 0.6 is 22.6 Å². The number of hydrogen-bond donors (Lipinski definition) is 2. The molecule has 2 rings (SSSR count). The Morgan fingerprint density at radius 1 is 1.04 bits per heavy atom. The molecule has 0 aromatic heterocycles. The molecule has 0 aliphatic heterocycles. The molecular weight excluding hydrogens is 431 g/mol. The number of anilines is 2. The fourth-order valence-electron chi connectivity index (χ4n) is 2.29. The van der Waals surface area contributed by atoms with Crippen molar-refractivity contribution in [2.45, 2.75) is 20.3 Å². The van der Waals surface area contributed by atoms with Crippen LogP contribution in [0.3, 0.4) is 0 Å². The number of amides is 1. The molecule has 0 spiro atoms. The van der Waals surface area contributed by atoms with E-state index in [1.54, 1.807) is 31.2 Å². The van der Waals surface area contributed by atoms with Gasteiger partial charge in [-0.3, -0.25) is 4.79 Å². The number of carbonyl (C=O) groups excluding carboxylic acids is 2. The molecule has 5 nitrogen and oxygen atoms in total. The number of carbonyl (C=O) groups is 2. The minimum Gasteiger partial charge on any atom is -0.462 e. The zero-order chi connectivity index (χ0) is 18.2. The second-order valence-electron chi connectivity index (χ2n) is 5.34. The Morgan fingerprint density at radius 2 is 1.80 bits per heavy atom. The predicted octanol–water partition coefficient (Wildman–Crippen LogP) is 4.54. The van der Waals surface area contributed by atoms with Crippen LogP contribution in [0.15, 0.2) is 42.5 Å². The lowest BCUT2D eigenvalue weighted by atomic mass is 10.1. The van der Waals surface area contributed by atoms with Crippen LogP contribution in [0.4, 0.5) is 11.4 Å². The van der Waals surface area contributed by atoms with Crippen molar-refractivity contribution in [3.05, 3.63) is 57.2 Å². The summed E-state index contributed by atoms with van der Waals surface area (Å²) in [4.78, 5) is 24.8. The molecule has 25 heavy (non-hydrogen) atoms. The maximum absolute atomic E-state index is 12.8. The van der Waals surface area contributed by atoms with E-state index in [1.807, 2.05) is 18.2 Å². The third kappa shape index (κ3) is 5.19. The smallest absolute Gasteiger partial charge is 0.340 e. The van der Waals surface area contributed by atoms with E-state index in [9.17, 15) is 9.59 Å². The summed E-state index contributed by atoms with van der Waals surface area (Å²) in [6, 6.07) is 12.5. The number of hydrogen-bond acceptors (Lipinski definition) is 4. The molecule has 6 heteroatoms. The number of ether oxygens (including phenoxy) is 1. The number of rotatable bonds is 7. The van der Waals surface area contributed by atoms with E-state index in [0.29, 0.717) is 16.8 Å². The first kappa shape index (κ1) is 19.2. The van der Waals surface area contributed by atoms with Gasteiger partial charge in [0.05, 0.1) is 23.4 Å². The van der Waals surface area contributed by atoms with E-state index < -0.39 is 5.97 Å². The van der Waals surface area contributed by atoms with Gasteiger partial charge in [-0.05, 0) is 66.3 Å². The summed E-state index contributed by atoms with van der Waals surface area (Å²) >= 11 is 2.17. The van der Waals surface area contributed by atoms with Crippen molar-refractivity contribution in [2.24, 2.45) is 0 Å². The normalized spacial score (nSPS) is 10.2. The zero-order valence-corrected chi connectivity index (χ0v) is 16.4. The Morgan fingerprint density at radius 3 is 2.52 bits per heavy atom. The van der Waals surface area contributed by atoms with Crippen LogP contribution < -0.4 is 10.6 Å². The lowest BCUT2D eigenvalue weighted by Crippen LogP contribution is -2.18. The molecule has 0 saturated carbocycles. The number of benzene rings is 2. The summed E-state index contributed by atoms with van der Waals surface area (Å²) in [5.41, 5.74) is 2.09. The molecule has 0 aliphatic carbocycles. The molecule has 0 saturated heterocycles. The van der Waals surface area contributed by atoms with E-state index in [2.05, 4.69) is 40.1 Å². The minimum absolute atomic E-state index is 0.270. The van der Waals surface area contributed by atoms with Crippen molar-refractivity contribution in [3.8, 4) is 0 Å². The lowest BCUT2D eigenvalue weighted by molar-refractivity contribution is 0.0527. The first-order valence-corrected chi connectivity index (χ1v) is 9.25. The van der Waals surface area contributed by atoms with Crippen LogP contribution in [-0.2, 0) is 4.74 Å². The van der Waals surface area contributed by atoms with E-state index in [0.717, 1.165) is 22.2 Å². The summed E-state index contributed by atoms with van der Waals surface area (Å²) in [5.74, 6) is -0.723. The third-order valence-corrected chi connectivity index (χ3v) is 4.13. The Balaban J connectivity index is 2.29. The van der Waals surface area contributed by atoms with Gasteiger partial charge < -0.3 is 15.4 Å². The first-order chi connectivity index (χ1) is 12.1. The van der Waals surface area contributed by atoms with Crippen molar-refractivity contribution >= 4 is 45.8 Å². The van der Waals surface area contributed by atoms with E-state index in [4.69, 9.17) is 4.74 Å². The molecule has 2 aromatic carbocycles. The van der Waals surface area contributed by atoms with Crippen molar-refractivity contribution in [1.29, 1.82) is 0 Å². The zero-order valence-electron chi connectivity index (χ0n) is 14.3. The Kier molecular flexibility index (Phi) is 7.24. The van der Waals surface area contributed by atoms with Gasteiger partial charge in [-0.1, -0.05) is 19.1 Å². The molecule has 0 atom stereocenters. The van der Waals surface area contributed by atoms with E-state index in [1.165, 1.54) is 0 Å². The molecule has 0 radical (unpaired) electrons. The summed E-state index contributed by atoms with van der Waals surface area (Å²) < 4.78 is 6.01. The second-order valence-corrected chi connectivity index (χ2v) is 6.58. The predicted molar refractivity (Wildman–Crippen MR) is 108 cm³/mol. The average Bonchev–Trinajstić information content (AvgIpc) is 2.61. The monoisotopic (exact) mass is 452 g/mol. The van der Waals surface area contributed by atoms with Gasteiger partial charge in [-0.25, -0.2) is 4.79 Å². The van der Waals surface area contributed by atoms with Crippen LogP contribution in [0.5, 0.6) is 0 Å². The Bertz CT molecular complexity index is 762. The maximum Gasteiger partial charge on any atom is 0.340 e. The molecule has 2 aromatic rings. The van der Waals surface area contributed by atoms with E-state index in [-0.39, 0.29) is 12.5 Å². The molecule has 132 valence electrons. The Labute approximate surface area is 161 Å². The first-order valence-electron chi connectivity index (χ1n) is 8.17. The van der Waals surface area contributed by atoms with Gasteiger partial charge in [0.2, 0.25) is 0 Å². The molecule has 0 aliphatic rings. The van der Waals surface area contributed by atoms with Gasteiger partial charge in [0.1, 0.15) is 0 Å². The highest BCUT2D eigenvalue weighted by atomic mass is 127. The van der Waals surface area contributed by atoms with Crippen molar-refractivity contribution in [3.63, 3.8) is 0 Å². The van der Waals surface area contributed by atoms with Crippen LogP contribution in [0.25, 0.3) is 0 Å². The second kappa shape index (κ2) is 9.41. The van der Waals surface area contributed by atoms with Gasteiger partial charge >= 0.3 is 5.97 Å². The molecule has 0 unspecified atom stereocenters. The summed E-state index contributed by atoms with van der Waals surface area (Å²) in [6.45, 7) is 4.87. The van der Waals surface area contributed by atoms with Crippen LogP contribution in [-0.4, -0.2) is 25.0 Å². The highest BCUT2D eigenvalue weighted by Gasteiger charge is 2.17. The van der Waals surface area contributed by atoms with E-state index >= 15 is 0 Å². The average molecular weight is 452 g/mol. The largest absolute Gasteiger partial charge is 0.462 e. The number of para-hydroxylation sites is 1. The summed E-state index contributed by atoms with van der Waals surface area (Å²) in [6.07, 6.45) is 0.957. The Hall–Kier alpha value is -2.09. The minimum atomic E-state index is -0.453. The van der Waals surface area contributed by atoms with Crippen molar-refractivity contribution < 1.29 is 14.3 Å². The van der Waals surface area contributed by atoms with Crippen molar-refractivity contribution in [1.82, 2.24) is 0 Å². The third-order valence-electron chi connectivity index (χ3n) is 3.46. The number of esters is 1. The highest BCUT2D eigenvalue weighted by molar-refractivity contribution is 14.1. The fourth-order valence-corrected chi connectivity index (χ4v) is 2.78. The van der Waals surface area contributed by atoms with Crippen LogP contribution in [0.2, 0.25) is 0 Å². The van der Waals surface area contributed by atoms with Crippen LogP contribution in [0, 0.1) is 3.57 Å². The number of halogens is 1. The topological polar surface area (TPSA) is 67.4 Å². The molecule has 0 heterocycles. The van der Waals surface area contributed by atoms with Gasteiger partial charge in [0.15, 0.2) is 0 Å². The van der Waals surface area contributed by atoms with Gasteiger partial charge in [-0.15, -0.1) is 0 Å². The summed E-state index contributed by atoms with van der Waals surface area (Å²) in [7, 11) is 0. The SMILES string of the molecule is CCCNc1ccc(I)cc1C(=O)Nc1ccccc1C(=O)OCC. The lowest BCUT2D eigenvalue weighted by Gasteiger charge is -2.14. The standard InChI is InChI=1S/C19H21IN2O3/c1-3-11-21-16-10-9-13(20)12-15(16)18(23)22-17-8-6-5-7-14(17)19(24)25-4-2/h5-10,12,21H,3-4,11H2,1-2H3,(H,22,23). The molecule has 2 N–H and O–H groups in total. The highest BCUT2D eigenvalue weighted by Crippen LogP contribution is 2.22. The molecule has 0 bridgehead atoms. The van der Waals surface area contributed by atoms with Gasteiger partial charge in [0.25, 0.3) is 5.91 Å². The quantitative estimate of drug-likeness (QED) is 0.478. The van der Waals surface area contributed by atoms with Crippen LogP contribution in [0.1, 0.15) is 41.0 Å². The van der Waals surface area contributed by atoms with Gasteiger partial charge in [-0.2, -0.15) is 0 Å².